The molecule has 0 spiro atoms. The number of halogens is 17. The van der Waals surface area contributed by atoms with Crippen molar-refractivity contribution in [1.29, 1.82) is 0 Å². The normalized spacial score (nSPS) is 15.9. The SMILES string of the molecule is CCC[Si](CCC)(CCC)CCC(F)(F)C(F)(F)C(F)(F)C(F)(F)C(F)(F)C(F)(F)C(F)(F)C(F)(F)F. The average Bonchev–Trinajstić information content (AvgIpc) is 2.71. The van der Waals surface area contributed by atoms with E-state index in [1.807, 2.05) is 0 Å². The molecule has 18 heteroatoms. The Morgan fingerprint density at radius 1 is 0.378 bits per heavy atom. The lowest BCUT2D eigenvalue weighted by Gasteiger charge is -2.43. The third kappa shape index (κ3) is 5.82. The van der Waals surface area contributed by atoms with Crippen LogP contribution in [0.25, 0.3) is 0 Å². The van der Waals surface area contributed by atoms with Gasteiger partial charge in [0.1, 0.15) is 0 Å². The molecule has 0 aliphatic heterocycles. The number of rotatable bonds is 15. The minimum absolute atomic E-state index is 0.208. The summed E-state index contributed by atoms with van der Waals surface area (Å²) in [7, 11) is -2.94. The van der Waals surface area contributed by atoms with Crippen molar-refractivity contribution >= 4 is 8.07 Å². The van der Waals surface area contributed by atoms with Gasteiger partial charge in [-0.3, -0.25) is 0 Å². The van der Waals surface area contributed by atoms with Gasteiger partial charge in [0.25, 0.3) is 0 Å². The Hall–Kier alpha value is -0.973. The first-order chi connectivity index (χ1) is 16.1. The van der Waals surface area contributed by atoms with Crippen molar-refractivity contribution in [3.63, 3.8) is 0 Å². The Morgan fingerprint density at radius 2 is 0.649 bits per heavy atom. The van der Waals surface area contributed by atoms with E-state index < -0.39 is 68.2 Å². The van der Waals surface area contributed by atoms with E-state index in [4.69, 9.17) is 0 Å². The molecule has 0 saturated heterocycles. The molecule has 37 heavy (non-hydrogen) atoms. The smallest absolute Gasteiger partial charge is 0.200 e. The predicted octanol–water partition coefficient (Wildman–Crippen LogP) is 10.1. The Morgan fingerprint density at radius 3 is 0.919 bits per heavy atom. The summed E-state index contributed by atoms with van der Waals surface area (Å²) in [5, 5.41) is 0. The van der Waals surface area contributed by atoms with Crippen LogP contribution < -0.4 is 0 Å². The van der Waals surface area contributed by atoms with Crippen LogP contribution in [0.5, 0.6) is 0 Å². The molecule has 224 valence electrons. The molecule has 0 radical (unpaired) electrons. The third-order valence-electron chi connectivity index (χ3n) is 6.10. The first-order valence-electron chi connectivity index (χ1n) is 10.9. The van der Waals surface area contributed by atoms with Crippen LogP contribution in [0.3, 0.4) is 0 Å². The van der Waals surface area contributed by atoms with Gasteiger partial charge in [0, 0.05) is 6.42 Å². The molecule has 0 aromatic heterocycles. The van der Waals surface area contributed by atoms with Crippen LogP contribution in [0.2, 0.25) is 24.2 Å². The van der Waals surface area contributed by atoms with Crippen LogP contribution in [0.15, 0.2) is 0 Å². The van der Waals surface area contributed by atoms with E-state index in [-0.39, 0.29) is 18.1 Å². The summed E-state index contributed by atoms with van der Waals surface area (Å²) in [6, 6.07) is -0.273. The molecule has 0 aromatic rings. The molecule has 0 aliphatic carbocycles. The monoisotopic (exact) mass is 604 g/mol. The van der Waals surface area contributed by atoms with E-state index in [0.29, 0.717) is 19.3 Å². The largest absolute Gasteiger partial charge is 0.460 e. The fourth-order valence-corrected chi connectivity index (χ4v) is 9.64. The van der Waals surface area contributed by atoms with Crippen molar-refractivity contribution in [3.8, 4) is 0 Å². The summed E-state index contributed by atoms with van der Waals surface area (Å²) in [5.41, 5.74) is 0. The fourth-order valence-electron chi connectivity index (χ4n) is 4.12. The molecule has 0 unspecified atom stereocenters. The van der Waals surface area contributed by atoms with Gasteiger partial charge in [-0.15, -0.1) is 0 Å². The standard InChI is InChI=1S/C19H25F17Si/c1-4-8-37(9-5-2,10-6-3)11-7-12(20,21)13(22,23)14(24,25)15(26,27)16(28,29)17(30,31)18(32,33)19(34,35)36/h4-11H2,1-3H3. The molecular weight excluding hydrogens is 579 g/mol. The summed E-state index contributed by atoms with van der Waals surface area (Å²) in [6.45, 7) is 4.73. The Kier molecular flexibility index (Phi) is 10.6. The molecule has 0 saturated carbocycles. The van der Waals surface area contributed by atoms with E-state index >= 15 is 0 Å². The van der Waals surface area contributed by atoms with E-state index in [9.17, 15) is 74.6 Å². The van der Waals surface area contributed by atoms with Gasteiger partial charge in [-0.1, -0.05) is 64.2 Å². The van der Waals surface area contributed by atoms with Crippen molar-refractivity contribution in [1.82, 2.24) is 0 Å². The minimum atomic E-state index is -8.58. The Balaban J connectivity index is 6.57. The Labute approximate surface area is 202 Å². The summed E-state index contributed by atoms with van der Waals surface area (Å²) in [6.07, 6.45) is -9.03. The third-order valence-corrected chi connectivity index (χ3v) is 12.1. The molecule has 0 aromatic carbocycles. The second-order valence-electron chi connectivity index (χ2n) is 8.90. The zero-order valence-corrected chi connectivity index (χ0v) is 20.6. The van der Waals surface area contributed by atoms with Crippen molar-refractivity contribution in [2.75, 3.05) is 0 Å². The van der Waals surface area contributed by atoms with Crippen molar-refractivity contribution < 1.29 is 74.6 Å². The molecule has 0 heterocycles. The van der Waals surface area contributed by atoms with Gasteiger partial charge < -0.3 is 0 Å². The molecule has 0 rings (SSSR count). The second-order valence-corrected chi connectivity index (χ2v) is 13.9. The summed E-state index contributed by atoms with van der Waals surface area (Å²) in [5.74, 6) is -55.7. The summed E-state index contributed by atoms with van der Waals surface area (Å²) >= 11 is 0. The molecule has 0 N–H and O–H groups in total. The Bertz CT molecular complexity index is 724. The number of alkyl halides is 17. The van der Waals surface area contributed by atoms with Crippen LogP contribution in [-0.4, -0.2) is 55.7 Å². The van der Waals surface area contributed by atoms with Gasteiger partial charge in [-0.05, 0) is 0 Å². The highest BCUT2D eigenvalue weighted by atomic mass is 28.3. The lowest BCUT2D eigenvalue weighted by atomic mass is 9.88. The van der Waals surface area contributed by atoms with Crippen LogP contribution >= 0.6 is 0 Å². The van der Waals surface area contributed by atoms with Gasteiger partial charge in [-0.25, -0.2) is 0 Å². The highest BCUT2D eigenvalue weighted by Gasteiger charge is 2.95. The average molecular weight is 604 g/mol. The topological polar surface area (TPSA) is 0 Å². The molecule has 0 fully saturated rings. The molecule has 0 bridgehead atoms. The number of hydrogen-bond donors (Lipinski definition) is 0. The van der Waals surface area contributed by atoms with Crippen molar-refractivity contribution in [2.45, 2.75) is 118 Å². The van der Waals surface area contributed by atoms with E-state index in [1.165, 1.54) is 0 Å². The van der Waals surface area contributed by atoms with E-state index in [1.54, 1.807) is 20.8 Å². The maximum Gasteiger partial charge on any atom is 0.460 e. The van der Waals surface area contributed by atoms with E-state index in [2.05, 4.69) is 0 Å². The quantitative estimate of drug-likeness (QED) is 0.129. The van der Waals surface area contributed by atoms with E-state index in [0.717, 1.165) is 0 Å². The highest BCUT2D eigenvalue weighted by molar-refractivity contribution is 6.79. The lowest BCUT2D eigenvalue weighted by molar-refractivity contribution is -0.461. The van der Waals surface area contributed by atoms with Gasteiger partial charge in [0.05, 0.1) is 8.07 Å². The predicted molar refractivity (Wildman–Crippen MR) is 101 cm³/mol. The highest BCUT2D eigenvalue weighted by Crippen LogP contribution is 2.64. The van der Waals surface area contributed by atoms with Gasteiger partial charge >= 0.3 is 47.6 Å². The van der Waals surface area contributed by atoms with Gasteiger partial charge in [0.15, 0.2) is 0 Å². The van der Waals surface area contributed by atoms with Crippen molar-refractivity contribution in [2.24, 2.45) is 0 Å². The molecule has 0 atom stereocenters. The first kappa shape index (κ1) is 36.0. The zero-order valence-electron chi connectivity index (χ0n) is 19.6. The van der Waals surface area contributed by atoms with Gasteiger partial charge in [-0.2, -0.15) is 74.6 Å². The van der Waals surface area contributed by atoms with Crippen LogP contribution in [-0.2, 0) is 0 Å². The summed E-state index contributed by atoms with van der Waals surface area (Å²) < 4.78 is 228. The summed E-state index contributed by atoms with van der Waals surface area (Å²) in [4.78, 5) is 0. The lowest BCUT2D eigenvalue weighted by Crippen LogP contribution is -2.74. The molecule has 0 aliphatic rings. The van der Waals surface area contributed by atoms with Crippen molar-refractivity contribution in [3.05, 3.63) is 0 Å². The molecular formula is C19H25F17Si. The first-order valence-corrected chi connectivity index (χ1v) is 13.7. The fraction of sp³-hybridized carbons (Fsp3) is 1.00. The second kappa shape index (κ2) is 10.9. The molecule has 0 amide bonds. The molecule has 0 nitrogen and oxygen atoms in total. The van der Waals surface area contributed by atoms with Crippen LogP contribution in [0, 0.1) is 0 Å². The number of hydrogen-bond acceptors (Lipinski definition) is 0. The van der Waals surface area contributed by atoms with Crippen LogP contribution in [0.4, 0.5) is 74.6 Å². The maximum absolute atomic E-state index is 14.3. The van der Waals surface area contributed by atoms with Gasteiger partial charge in [0.2, 0.25) is 0 Å². The zero-order chi connectivity index (χ0) is 30.2. The maximum atomic E-state index is 14.3. The van der Waals surface area contributed by atoms with Crippen LogP contribution in [0.1, 0.15) is 46.5 Å². The minimum Gasteiger partial charge on any atom is -0.200 e.